The summed E-state index contributed by atoms with van der Waals surface area (Å²) in [6, 6.07) is 44.2. The van der Waals surface area contributed by atoms with Gasteiger partial charge in [-0.3, -0.25) is 28.1 Å². The van der Waals surface area contributed by atoms with Crippen LogP contribution in [0.1, 0.15) is 0 Å². The van der Waals surface area contributed by atoms with E-state index in [0.29, 0.717) is 54.6 Å². The molecule has 4 heterocycles. The van der Waals surface area contributed by atoms with E-state index in [2.05, 4.69) is 59.0 Å². The molecule has 0 saturated carbocycles. The summed E-state index contributed by atoms with van der Waals surface area (Å²) in [5.74, 6) is -41.5. The van der Waals surface area contributed by atoms with Crippen LogP contribution in [0.4, 0.5) is 80.6 Å². The van der Waals surface area contributed by atoms with Gasteiger partial charge in [-0.15, -0.1) is 0 Å². The molecule has 670 valence electrons. The summed E-state index contributed by atoms with van der Waals surface area (Å²) in [5.41, 5.74) is 6.12. The Morgan fingerprint density at radius 1 is 0.333 bits per heavy atom. The lowest BCUT2D eigenvalue weighted by atomic mass is 10.0. The Morgan fingerprint density at radius 2 is 0.628 bits per heavy atom. The van der Waals surface area contributed by atoms with Gasteiger partial charge in [0, 0.05) is 61.8 Å². The molecule has 47 heteroatoms. The summed E-state index contributed by atoms with van der Waals surface area (Å²) in [6.45, 7) is 0. The number of methoxy groups -OCH3 is 3. The van der Waals surface area contributed by atoms with Gasteiger partial charge in [-0.05, 0) is 163 Å². The molecule has 0 aliphatic carbocycles. The van der Waals surface area contributed by atoms with Crippen molar-refractivity contribution in [2.24, 2.45) is 0 Å². The van der Waals surface area contributed by atoms with Crippen LogP contribution in [-0.4, -0.2) is 78.3 Å². The average molecular weight is 2030 g/mol. The van der Waals surface area contributed by atoms with E-state index in [1.807, 2.05) is 0 Å². The number of nitrogens with zero attached hydrogens (tertiary/aromatic N) is 5. The van der Waals surface area contributed by atoms with E-state index in [1.54, 1.807) is 85.2 Å². The summed E-state index contributed by atoms with van der Waals surface area (Å²) < 4.78 is 345. The molecule has 2 unspecified atom stereocenters. The highest BCUT2D eigenvalue weighted by atomic mass is 79.9. The quantitative estimate of drug-likeness (QED) is 0.0221. The van der Waals surface area contributed by atoms with Gasteiger partial charge in [0.1, 0.15) is 49.3 Å². The maximum atomic E-state index is 14.1. The molecule has 15 rings (SSSR count). The summed E-state index contributed by atoms with van der Waals surface area (Å²) in [5, 5.41) is 0.465. The van der Waals surface area contributed by atoms with Gasteiger partial charge < -0.3 is 37.1 Å². The lowest BCUT2D eigenvalue weighted by Gasteiger charge is -2.16. The third-order valence-corrected chi connectivity index (χ3v) is 22.0. The summed E-state index contributed by atoms with van der Waals surface area (Å²) in [6.07, 6.45) is 3.20. The third kappa shape index (κ3) is 21.6. The van der Waals surface area contributed by atoms with Crippen molar-refractivity contribution in [1.29, 1.82) is 0 Å². The van der Waals surface area contributed by atoms with Crippen LogP contribution in [0.15, 0.2) is 251 Å². The zero-order chi connectivity index (χ0) is 92.7. The van der Waals surface area contributed by atoms with Crippen LogP contribution in [0.5, 0.6) is 40.2 Å². The van der Waals surface area contributed by atoms with Crippen molar-refractivity contribution in [3.8, 4) is 68.4 Å². The molecule has 11 aromatic carbocycles. The van der Waals surface area contributed by atoms with Crippen LogP contribution >= 0.6 is 51.7 Å². The summed E-state index contributed by atoms with van der Waals surface area (Å²) >= 11 is 6.60. The fourth-order valence-electron chi connectivity index (χ4n) is 11.6. The molecule has 4 aromatic heterocycles. The number of benzene rings is 11. The minimum absolute atomic E-state index is 0. The maximum absolute atomic E-state index is 14.1. The number of nitrogens with two attached hydrogens (primary N) is 1. The predicted octanol–water partition coefficient (Wildman–Crippen LogP) is 18.2. The van der Waals surface area contributed by atoms with Crippen LogP contribution in [0, 0.1) is 98.9 Å². The van der Waals surface area contributed by atoms with E-state index >= 15 is 0 Å². The molecule has 0 amide bonds. The van der Waals surface area contributed by atoms with Crippen molar-refractivity contribution in [3.05, 3.63) is 351 Å². The first-order chi connectivity index (χ1) is 60.1. The fraction of sp³-hybridized carbons (Fsp3) is 0.0366. The molecule has 2 atom stereocenters. The molecule has 22 nitrogen and oxygen atoms in total. The van der Waals surface area contributed by atoms with Crippen molar-refractivity contribution in [2.45, 2.75) is 14.7 Å². The number of ether oxygens (including phenoxy) is 3. The van der Waals surface area contributed by atoms with Gasteiger partial charge in [0.2, 0.25) is 110 Å². The molecule has 0 bridgehead atoms. The van der Waals surface area contributed by atoms with Crippen LogP contribution in [-0.2, 0) is 30.4 Å². The lowest BCUT2D eigenvalue weighted by Crippen LogP contribution is -2.19. The number of pyridine rings is 3. The molecular formula is C82H52BBr2F17N6O16P2S3. The topological polar surface area (TPSA) is 285 Å². The second kappa shape index (κ2) is 41.4. The van der Waals surface area contributed by atoms with Gasteiger partial charge in [0.15, 0.2) is 0 Å². The Labute approximate surface area is 740 Å². The molecule has 0 aliphatic heterocycles. The normalized spacial score (nSPS) is 11.1. The number of rotatable bonds is 17. The first kappa shape index (κ1) is 99.8. The lowest BCUT2D eigenvalue weighted by molar-refractivity contribution is 0.346. The largest absolute Gasteiger partial charge is 0.568 e. The molecule has 0 aliphatic rings. The fourth-order valence-corrected chi connectivity index (χ4v) is 15.2. The number of nitrogen functional groups attached to an aromatic ring is 1. The van der Waals surface area contributed by atoms with E-state index in [9.17, 15) is 114 Å². The van der Waals surface area contributed by atoms with Gasteiger partial charge in [0.05, 0.1) is 54.9 Å². The van der Waals surface area contributed by atoms with Crippen molar-refractivity contribution in [3.63, 3.8) is 0 Å². The van der Waals surface area contributed by atoms with Gasteiger partial charge in [-0.1, -0.05) is 56.1 Å². The maximum Gasteiger partial charge on any atom is 0.374 e. The number of hydrogen-bond acceptors (Lipinski definition) is 19. The first-order valence-electron chi connectivity index (χ1n) is 34.7. The predicted molar refractivity (Wildman–Crippen MR) is 453 cm³/mol. The van der Waals surface area contributed by atoms with Crippen LogP contribution in [0.2, 0.25) is 0 Å². The smallest absolute Gasteiger partial charge is 0.374 e. The molecule has 129 heavy (non-hydrogen) atoms. The molecule has 2 radical (unpaired) electrons. The van der Waals surface area contributed by atoms with Gasteiger partial charge in [0.25, 0.3) is 16.7 Å². The minimum atomic E-state index is -5.13. The highest BCUT2D eigenvalue weighted by molar-refractivity contribution is 9.10. The summed E-state index contributed by atoms with van der Waals surface area (Å²) in [4.78, 5) is 43.6. The zero-order valence-corrected chi connectivity index (χ0v) is 73.4. The molecule has 0 spiro atoms. The highest BCUT2D eigenvalue weighted by Gasteiger charge is 2.35. The van der Waals surface area contributed by atoms with Crippen LogP contribution in [0.3, 0.4) is 0 Å². The highest BCUT2D eigenvalue weighted by Crippen LogP contribution is 2.39. The Balaban J connectivity index is 0.000000199. The SMILES string of the molecule is COc1ccc(-c2cccc(F)c2)cc1-n1c(=O)ccc2cc(S(=O)(=O)Oc3c(F)c(F)c(F)c(F)c3F)ccc21.COc1ccc(Br)cc1-n1c(=O)ccc2cc(S(=O)(=O)Oc3c(F)c(F)c(F)c(F)c3F)ccc21.COc1ccc(Br)cc1-n1c(=O)ccc2cc(S(=O)(=O)Oc3c(F)c(F)c(F)c(F)c3F)ccc21.Nc1ncccn1.P.P.[B]Oc1cccc(F)c1. The minimum Gasteiger partial charge on any atom is -0.568 e. The van der Waals surface area contributed by atoms with Crippen molar-refractivity contribution >= 4 is 129 Å². The number of halogens is 19. The number of hydrogen-bond donors (Lipinski definition) is 1. The van der Waals surface area contributed by atoms with E-state index in [1.165, 1.54) is 108 Å². The van der Waals surface area contributed by atoms with Crippen LogP contribution in [0.25, 0.3) is 60.9 Å². The Bertz CT molecular complexity index is 7130. The Hall–Kier alpha value is -12.9. The van der Waals surface area contributed by atoms with E-state index in [4.69, 9.17) is 28.0 Å². The van der Waals surface area contributed by atoms with E-state index in [-0.39, 0.29) is 69.8 Å². The molecular weight excluding hydrogens is 1980 g/mol. The number of aromatic nitrogens is 5. The Morgan fingerprint density at radius 3 is 0.915 bits per heavy atom. The Kier molecular flexibility index (Phi) is 32.1. The van der Waals surface area contributed by atoms with Crippen molar-refractivity contribution in [2.75, 3.05) is 27.1 Å². The van der Waals surface area contributed by atoms with E-state index in [0.717, 1.165) is 54.6 Å². The van der Waals surface area contributed by atoms with Crippen LogP contribution < -0.4 is 53.8 Å². The monoisotopic (exact) mass is 2030 g/mol. The van der Waals surface area contributed by atoms with E-state index < -0.39 is 172 Å². The molecule has 2 N–H and O–H groups in total. The molecule has 0 fully saturated rings. The standard InChI is InChI=1S/C28H15F6NO5S.2C22H11BrF5NO5S.C6H4BFO.C4H5N3.2H3P/c1-39-21-9-5-15(14-3-2-4-17(29)11-14)13-20(21)35-19-8-7-18(12-16(19)6-10-22(35)36)41(37,38)40-28-26(33)24(31)23(30)25(32)27(28)34;2*1-33-15-6-3-11(23)9-14(15)29-13-5-4-12(8-10(13)2-7-16(29)30)35(31,32)34-22-20(27)18(25)17(24)19(26)21(22)28;7-9-6-3-1-2-5(8)4-6;5-4-6-2-1-3-7-4;;/h2-13H,1H3;2*2-9H,1H3;1-4H;1-3H,(H2,5,6,7);2*1H3. The van der Waals surface area contributed by atoms with Crippen molar-refractivity contribution < 1.29 is 131 Å². The van der Waals surface area contributed by atoms with Crippen molar-refractivity contribution in [1.82, 2.24) is 23.7 Å². The van der Waals surface area contributed by atoms with Gasteiger partial charge in [-0.25, -0.2) is 58.3 Å². The number of fused-ring (bicyclic) bond motifs is 3. The second-order valence-electron chi connectivity index (χ2n) is 25.2. The molecule has 15 aromatic rings. The first-order valence-corrected chi connectivity index (χ1v) is 40.5. The summed E-state index contributed by atoms with van der Waals surface area (Å²) in [7, 11) is -6.35. The number of anilines is 1. The third-order valence-electron chi connectivity index (χ3n) is 17.4. The van der Waals surface area contributed by atoms with Gasteiger partial charge >= 0.3 is 38.4 Å². The van der Waals surface area contributed by atoms with Gasteiger partial charge in [-0.2, -0.15) is 71.4 Å². The second-order valence-corrected chi connectivity index (χ2v) is 31.7. The zero-order valence-electron chi connectivity index (χ0n) is 65.0. The average Bonchev–Trinajstić information content (AvgIpc) is 0.755. The molecule has 0 saturated heterocycles.